The molecule has 0 saturated heterocycles. The third-order valence-corrected chi connectivity index (χ3v) is 10.0. The van der Waals surface area contributed by atoms with Crippen molar-refractivity contribution in [3.05, 3.63) is 150 Å². The van der Waals surface area contributed by atoms with Crippen molar-refractivity contribution < 1.29 is 0 Å². The molecule has 1 nitrogen and oxygen atoms in total. The second-order valence-corrected chi connectivity index (χ2v) is 12.7. The fraction of sp³-hybridized carbons (Fsp3) is 0.0930. The van der Waals surface area contributed by atoms with Gasteiger partial charge in [-0.2, -0.15) is 0 Å². The van der Waals surface area contributed by atoms with E-state index >= 15 is 0 Å². The van der Waals surface area contributed by atoms with E-state index in [2.05, 4.69) is 148 Å². The molecule has 0 atom stereocenters. The number of fused-ring (bicyclic) bond motifs is 6. The lowest BCUT2D eigenvalue weighted by Gasteiger charge is -2.36. The summed E-state index contributed by atoms with van der Waals surface area (Å²) in [5, 5.41) is 9.01. The maximum atomic E-state index is 4.87. The van der Waals surface area contributed by atoms with Crippen molar-refractivity contribution >= 4 is 43.2 Å². The summed E-state index contributed by atoms with van der Waals surface area (Å²) < 4.78 is 0. The molecule has 8 aromatic rings. The van der Waals surface area contributed by atoms with Crippen LogP contribution in [0.25, 0.3) is 76.6 Å². The number of hydrogen-bond acceptors (Lipinski definition) is 1. The lowest BCUT2D eigenvalue weighted by Crippen LogP contribution is -2.24. The van der Waals surface area contributed by atoms with Crippen molar-refractivity contribution in [2.45, 2.75) is 26.2 Å². The predicted octanol–water partition coefficient (Wildman–Crippen LogP) is 11.6. The number of rotatable bonds is 2. The molecule has 9 rings (SSSR count). The topological polar surface area (TPSA) is 12.9 Å². The van der Waals surface area contributed by atoms with Gasteiger partial charge in [-0.1, -0.05) is 129 Å². The Morgan fingerprint density at radius 2 is 1.02 bits per heavy atom. The molecule has 1 aromatic heterocycles. The molecular formula is C43H31N. The van der Waals surface area contributed by atoms with Gasteiger partial charge in [0.1, 0.15) is 0 Å². The van der Waals surface area contributed by atoms with Crippen LogP contribution in [0.3, 0.4) is 0 Å². The second kappa shape index (κ2) is 9.11. The summed E-state index contributed by atoms with van der Waals surface area (Å²) in [5.41, 5.74) is 12.6. The van der Waals surface area contributed by atoms with E-state index in [0.717, 1.165) is 5.52 Å². The summed E-state index contributed by atoms with van der Waals surface area (Å²) in [7, 11) is 0. The number of aryl methyl sites for hydroxylation is 1. The van der Waals surface area contributed by atoms with Crippen molar-refractivity contribution in [3.8, 4) is 33.4 Å². The summed E-state index contributed by atoms with van der Waals surface area (Å²) in [6.45, 7) is 6.95. The van der Waals surface area contributed by atoms with E-state index in [4.69, 9.17) is 4.98 Å². The van der Waals surface area contributed by atoms with E-state index in [0.29, 0.717) is 0 Å². The molecule has 0 N–H and O–H groups in total. The van der Waals surface area contributed by atoms with Crippen LogP contribution >= 0.6 is 0 Å². The number of pyridine rings is 1. The molecule has 7 aromatic carbocycles. The molecule has 208 valence electrons. The second-order valence-electron chi connectivity index (χ2n) is 12.7. The minimum Gasteiger partial charge on any atom is -0.256 e. The zero-order chi connectivity index (χ0) is 29.6. The van der Waals surface area contributed by atoms with E-state index in [1.807, 2.05) is 6.20 Å². The van der Waals surface area contributed by atoms with Crippen LogP contribution in [-0.2, 0) is 5.41 Å². The fourth-order valence-corrected chi connectivity index (χ4v) is 7.98. The number of benzene rings is 7. The first-order valence-electron chi connectivity index (χ1n) is 15.5. The molecule has 0 saturated carbocycles. The van der Waals surface area contributed by atoms with Crippen LogP contribution in [0.4, 0.5) is 0 Å². The Labute approximate surface area is 257 Å². The first-order valence-corrected chi connectivity index (χ1v) is 15.5. The molecule has 0 amide bonds. The quantitative estimate of drug-likeness (QED) is 0.191. The Bertz CT molecular complexity index is 2410. The predicted molar refractivity (Wildman–Crippen MR) is 187 cm³/mol. The summed E-state index contributed by atoms with van der Waals surface area (Å²) in [4.78, 5) is 4.87. The van der Waals surface area contributed by atoms with Gasteiger partial charge in [-0.25, -0.2) is 0 Å². The first kappa shape index (κ1) is 25.2. The summed E-state index contributed by atoms with van der Waals surface area (Å²) in [6.07, 6.45) is 1.99. The van der Waals surface area contributed by atoms with Gasteiger partial charge in [0.05, 0.1) is 5.52 Å². The van der Waals surface area contributed by atoms with Gasteiger partial charge < -0.3 is 0 Å². The lowest BCUT2D eigenvalue weighted by molar-refractivity contribution is 0.646. The van der Waals surface area contributed by atoms with Crippen LogP contribution in [0.1, 0.15) is 30.5 Å². The van der Waals surface area contributed by atoms with Crippen LogP contribution < -0.4 is 0 Å². The van der Waals surface area contributed by atoms with E-state index in [1.165, 1.54) is 87.8 Å². The molecule has 0 radical (unpaired) electrons. The minimum atomic E-state index is -0.203. The van der Waals surface area contributed by atoms with Gasteiger partial charge in [-0.15, -0.1) is 0 Å². The molecule has 44 heavy (non-hydrogen) atoms. The Hall–Kier alpha value is -5.27. The molecule has 1 heteroatoms. The Morgan fingerprint density at radius 1 is 0.477 bits per heavy atom. The van der Waals surface area contributed by atoms with E-state index in [1.54, 1.807) is 0 Å². The van der Waals surface area contributed by atoms with Crippen molar-refractivity contribution in [2.24, 2.45) is 0 Å². The van der Waals surface area contributed by atoms with Crippen LogP contribution in [0.15, 0.2) is 134 Å². The van der Waals surface area contributed by atoms with Crippen molar-refractivity contribution in [3.63, 3.8) is 0 Å². The number of hydrogen-bond donors (Lipinski definition) is 0. The standard InChI is InChI=1S/C43H31N/c1-26-21-22-36-41-34(23-24-44-42(26)41)40-29-16-8-7-15-28(29)35(25-37(40)43(36,2)3)39-32-19-11-9-17-30(32)38(27-13-5-4-6-14-27)31-18-10-12-20-33(31)39/h4-25H,1-3H3. The third kappa shape index (κ3) is 3.33. The largest absolute Gasteiger partial charge is 0.256 e. The minimum absolute atomic E-state index is 0.203. The number of aromatic nitrogens is 1. The molecule has 0 spiro atoms. The molecule has 0 fully saturated rings. The average molecular weight is 562 g/mol. The van der Waals surface area contributed by atoms with Gasteiger partial charge in [-0.05, 0) is 101 Å². The highest BCUT2D eigenvalue weighted by Crippen LogP contribution is 2.54. The Morgan fingerprint density at radius 3 is 1.66 bits per heavy atom. The number of nitrogens with zero attached hydrogens (tertiary/aromatic N) is 1. The lowest BCUT2D eigenvalue weighted by atomic mass is 9.67. The van der Waals surface area contributed by atoms with E-state index < -0.39 is 0 Å². The zero-order valence-corrected chi connectivity index (χ0v) is 25.1. The molecule has 1 aliphatic rings. The zero-order valence-electron chi connectivity index (χ0n) is 25.1. The monoisotopic (exact) mass is 561 g/mol. The summed E-state index contributed by atoms with van der Waals surface area (Å²) in [5.74, 6) is 0. The van der Waals surface area contributed by atoms with Crippen LogP contribution in [-0.4, -0.2) is 4.98 Å². The van der Waals surface area contributed by atoms with E-state index in [-0.39, 0.29) is 5.41 Å². The highest BCUT2D eigenvalue weighted by molar-refractivity contribution is 6.25. The maximum absolute atomic E-state index is 4.87. The normalized spacial score (nSPS) is 13.5. The highest BCUT2D eigenvalue weighted by Gasteiger charge is 2.36. The third-order valence-electron chi connectivity index (χ3n) is 10.0. The van der Waals surface area contributed by atoms with Crippen LogP contribution in [0.2, 0.25) is 0 Å². The Balaban J connectivity index is 1.48. The van der Waals surface area contributed by atoms with Crippen molar-refractivity contribution in [1.82, 2.24) is 4.98 Å². The fourth-order valence-electron chi connectivity index (χ4n) is 7.98. The summed E-state index contributed by atoms with van der Waals surface area (Å²) in [6, 6.07) is 47.1. The Kier molecular flexibility index (Phi) is 5.23. The molecule has 0 bridgehead atoms. The highest BCUT2D eigenvalue weighted by atomic mass is 14.7. The van der Waals surface area contributed by atoms with E-state index in [9.17, 15) is 0 Å². The average Bonchev–Trinajstić information content (AvgIpc) is 3.06. The van der Waals surface area contributed by atoms with Gasteiger partial charge >= 0.3 is 0 Å². The molecule has 0 unspecified atom stereocenters. The maximum Gasteiger partial charge on any atom is 0.0740 e. The summed E-state index contributed by atoms with van der Waals surface area (Å²) >= 11 is 0. The molecule has 1 aliphatic carbocycles. The van der Waals surface area contributed by atoms with Gasteiger partial charge in [0.15, 0.2) is 0 Å². The van der Waals surface area contributed by atoms with Crippen LogP contribution in [0, 0.1) is 6.92 Å². The SMILES string of the molecule is Cc1ccc2c3c(ccnc13)-c1c(cc(-c3c4ccccc4c(-c4ccccc4)c4ccccc34)c3ccccc13)C2(C)C. The van der Waals surface area contributed by atoms with Gasteiger partial charge in [-0.3, -0.25) is 4.98 Å². The molecule has 0 aliphatic heterocycles. The molecule has 1 heterocycles. The van der Waals surface area contributed by atoms with Gasteiger partial charge in [0, 0.05) is 17.0 Å². The van der Waals surface area contributed by atoms with Gasteiger partial charge in [0.25, 0.3) is 0 Å². The molecular weight excluding hydrogens is 530 g/mol. The first-order chi connectivity index (χ1) is 21.5. The van der Waals surface area contributed by atoms with Crippen LogP contribution in [0.5, 0.6) is 0 Å². The van der Waals surface area contributed by atoms with Crippen molar-refractivity contribution in [1.29, 1.82) is 0 Å². The van der Waals surface area contributed by atoms with Crippen molar-refractivity contribution in [2.75, 3.05) is 0 Å². The van der Waals surface area contributed by atoms with Gasteiger partial charge in [0.2, 0.25) is 0 Å². The smallest absolute Gasteiger partial charge is 0.0740 e.